The van der Waals surface area contributed by atoms with Crippen molar-refractivity contribution in [1.82, 2.24) is 20.2 Å². The monoisotopic (exact) mass is 513 g/mol. The molecule has 12 heteroatoms. The number of alkyl halides is 3. The van der Waals surface area contributed by atoms with Gasteiger partial charge in [0.15, 0.2) is 0 Å². The first kappa shape index (κ1) is 24.3. The molecule has 0 unspecified atom stereocenters. The topological polar surface area (TPSA) is 106 Å². The van der Waals surface area contributed by atoms with Gasteiger partial charge in [0.25, 0.3) is 11.8 Å². The van der Waals surface area contributed by atoms with Crippen LogP contribution in [0.15, 0.2) is 42.6 Å². The highest BCUT2D eigenvalue weighted by atomic mass is 19.4. The second-order valence-corrected chi connectivity index (χ2v) is 8.71. The molecule has 3 aromatic rings. The zero-order valence-corrected chi connectivity index (χ0v) is 20.1. The van der Waals surface area contributed by atoms with Gasteiger partial charge in [0.1, 0.15) is 17.1 Å². The average molecular weight is 513 g/mol. The smallest absolute Gasteiger partial charge is 0.423 e. The van der Waals surface area contributed by atoms with Gasteiger partial charge in [-0.05, 0) is 42.7 Å². The third-order valence-electron chi connectivity index (χ3n) is 6.61. The molecule has 0 atom stereocenters. The van der Waals surface area contributed by atoms with Crippen LogP contribution in [0, 0.1) is 0 Å². The van der Waals surface area contributed by atoms with E-state index in [1.54, 1.807) is 24.1 Å². The molecule has 0 radical (unpaired) electrons. The first-order valence-electron chi connectivity index (χ1n) is 11.3. The molecular formula is C25H22F3N5O4. The molecule has 2 aliphatic rings. The number of methoxy groups -OCH3 is 1. The predicted molar refractivity (Wildman–Crippen MR) is 126 cm³/mol. The Morgan fingerprint density at radius 1 is 1.16 bits per heavy atom. The van der Waals surface area contributed by atoms with Gasteiger partial charge in [-0.15, -0.1) is 0 Å². The molecule has 5 rings (SSSR count). The van der Waals surface area contributed by atoms with Gasteiger partial charge in [-0.25, -0.2) is 4.98 Å². The van der Waals surface area contributed by atoms with Crippen molar-refractivity contribution in [2.24, 2.45) is 0 Å². The maximum atomic E-state index is 13.8. The SMILES string of the molecule is CNC(=O)c1ccc(Nc2ncc(C(F)(F)F)c(Oc3cccc4c3C(=O)N(C)C43CC3)n2)c(OC)c1. The summed E-state index contributed by atoms with van der Waals surface area (Å²) >= 11 is 0. The Bertz CT molecular complexity index is 1420. The lowest BCUT2D eigenvalue weighted by Gasteiger charge is -2.18. The zero-order valence-electron chi connectivity index (χ0n) is 20.1. The number of hydrogen-bond acceptors (Lipinski definition) is 7. The van der Waals surface area contributed by atoms with Gasteiger partial charge in [0.05, 0.1) is 23.9 Å². The number of hydrogen-bond donors (Lipinski definition) is 2. The average Bonchev–Trinajstić information content (AvgIpc) is 3.65. The third kappa shape index (κ3) is 4.07. The maximum absolute atomic E-state index is 13.8. The molecule has 2 N–H and O–H groups in total. The van der Waals surface area contributed by atoms with Crippen molar-refractivity contribution >= 4 is 23.5 Å². The minimum absolute atomic E-state index is 0.0132. The molecule has 37 heavy (non-hydrogen) atoms. The van der Waals surface area contributed by atoms with E-state index >= 15 is 0 Å². The summed E-state index contributed by atoms with van der Waals surface area (Å²) in [5.41, 5.74) is -0.0154. The van der Waals surface area contributed by atoms with E-state index < -0.39 is 23.2 Å². The highest BCUT2D eigenvalue weighted by Crippen LogP contribution is 2.57. The van der Waals surface area contributed by atoms with E-state index in [-0.39, 0.29) is 34.8 Å². The second-order valence-electron chi connectivity index (χ2n) is 8.71. The summed E-state index contributed by atoms with van der Waals surface area (Å²) < 4.78 is 52.4. The van der Waals surface area contributed by atoms with E-state index in [1.807, 2.05) is 0 Å². The van der Waals surface area contributed by atoms with Crippen LogP contribution in [0.2, 0.25) is 0 Å². The lowest BCUT2D eigenvalue weighted by atomic mass is 10.0. The quantitative estimate of drug-likeness (QED) is 0.501. The van der Waals surface area contributed by atoms with Crippen LogP contribution in [-0.4, -0.2) is 47.9 Å². The Morgan fingerprint density at radius 2 is 1.92 bits per heavy atom. The van der Waals surface area contributed by atoms with Crippen LogP contribution >= 0.6 is 0 Å². The van der Waals surface area contributed by atoms with Crippen molar-refractivity contribution in [1.29, 1.82) is 0 Å². The van der Waals surface area contributed by atoms with Crippen LogP contribution in [0.25, 0.3) is 0 Å². The van der Waals surface area contributed by atoms with Crippen LogP contribution < -0.4 is 20.1 Å². The van der Waals surface area contributed by atoms with Gasteiger partial charge in [-0.2, -0.15) is 18.2 Å². The summed E-state index contributed by atoms with van der Waals surface area (Å²) in [4.78, 5) is 34.2. The first-order valence-corrected chi connectivity index (χ1v) is 11.3. The molecule has 1 saturated carbocycles. The first-order chi connectivity index (χ1) is 17.6. The molecule has 1 aliphatic carbocycles. The number of aromatic nitrogens is 2. The highest BCUT2D eigenvalue weighted by molar-refractivity contribution is 6.03. The van der Waals surface area contributed by atoms with Crippen LogP contribution in [-0.2, 0) is 11.7 Å². The standard InChI is InChI=1S/C25H22F3N5O4/c1-29-20(34)13-7-8-16(18(11-13)36-3)31-23-30-12-15(25(26,27)28)21(32-23)37-17-6-4-5-14-19(17)22(35)33(2)24(14)9-10-24/h4-8,11-12H,9-10H2,1-3H3,(H,29,34)(H,30,31,32). The van der Waals surface area contributed by atoms with Gasteiger partial charge in [0, 0.05) is 25.9 Å². The lowest BCUT2D eigenvalue weighted by Crippen LogP contribution is -2.28. The molecule has 2 aromatic carbocycles. The summed E-state index contributed by atoms with van der Waals surface area (Å²) in [7, 11) is 4.54. The Hall–Kier alpha value is -4.35. The fourth-order valence-corrected chi connectivity index (χ4v) is 4.49. The Morgan fingerprint density at radius 3 is 2.57 bits per heavy atom. The molecule has 1 spiro atoms. The van der Waals surface area contributed by atoms with Crippen molar-refractivity contribution in [3.63, 3.8) is 0 Å². The van der Waals surface area contributed by atoms with E-state index in [4.69, 9.17) is 9.47 Å². The highest BCUT2D eigenvalue weighted by Gasteiger charge is 2.57. The number of benzene rings is 2. The van der Waals surface area contributed by atoms with Gasteiger partial charge < -0.3 is 25.0 Å². The van der Waals surface area contributed by atoms with Crippen LogP contribution in [0.5, 0.6) is 17.4 Å². The summed E-state index contributed by atoms with van der Waals surface area (Å²) in [5, 5.41) is 5.30. The normalized spacial score (nSPS) is 15.4. The Balaban J connectivity index is 1.52. The van der Waals surface area contributed by atoms with Crippen molar-refractivity contribution in [2.75, 3.05) is 26.5 Å². The number of nitrogens with one attached hydrogen (secondary N) is 2. The van der Waals surface area contributed by atoms with E-state index in [1.165, 1.54) is 38.4 Å². The van der Waals surface area contributed by atoms with Gasteiger partial charge in [-0.3, -0.25) is 9.59 Å². The molecule has 2 heterocycles. The molecule has 2 amide bonds. The zero-order chi connectivity index (χ0) is 26.5. The minimum atomic E-state index is -4.81. The van der Waals surface area contributed by atoms with Crippen molar-refractivity contribution in [3.05, 3.63) is 64.8 Å². The number of nitrogens with zero attached hydrogens (tertiary/aromatic N) is 3. The van der Waals surface area contributed by atoms with Gasteiger partial charge >= 0.3 is 6.18 Å². The van der Waals surface area contributed by atoms with Crippen LogP contribution in [0.4, 0.5) is 24.8 Å². The molecule has 1 fully saturated rings. The largest absolute Gasteiger partial charge is 0.495 e. The number of halogens is 3. The number of anilines is 2. The molecular weight excluding hydrogens is 491 g/mol. The van der Waals surface area contributed by atoms with Gasteiger partial charge in [-0.1, -0.05) is 12.1 Å². The predicted octanol–water partition coefficient (Wildman–Crippen LogP) is 4.47. The minimum Gasteiger partial charge on any atom is -0.495 e. The molecule has 192 valence electrons. The van der Waals surface area contributed by atoms with Crippen LogP contribution in [0.3, 0.4) is 0 Å². The van der Waals surface area contributed by atoms with Crippen LogP contribution in [0.1, 0.15) is 44.7 Å². The molecule has 0 saturated heterocycles. The molecule has 1 aromatic heterocycles. The molecule has 9 nitrogen and oxygen atoms in total. The second kappa shape index (κ2) is 8.64. The summed E-state index contributed by atoms with van der Waals surface area (Å²) in [6, 6.07) is 9.37. The fraction of sp³-hybridized carbons (Fsp3) is 0.280. The summed E-state index contributed by atoms with van der Waals surface area (Å²) in [6.07, 6.45) is -2.64. The Labute approximate surface area is 209 Å². The number of carbonyl (C=O) groups excluding carboxylic acids is 2. The summed E-state index contributed by atoms with van der Waals surface area (Å²) in [5.74, 6) is -1.38. The van der Waals surface area contributed by atoms with Gasteiger partial charge in [0.2, 0.25) is 11.8 Å². The van der Waals surface area contributed by atoms with E-state index in [9.17, 15) is 22.8 Å². The number of fused-ring (bicyclic) bond motifs is 2. The summed E-state index contributed by atoms with van der Waals surface area (Å²) in [6.45, 7) is 0. The number of carbonyl (C=O) groups is 2. The number of amides is 2. The van der Waals surface area contributed by atoms with Crippen molar-refractivity contribution in [2.45, 2.75) is 24.6 Å². The fourth-order valence-electron chi connectivity index (χ4n) is 4.49. The third-order valence-corrected chi connectivity index (χ3v) is 6.61. The van der Waals surface area contributed by atoms with E-state index in [0.29, 0.717) is 17.4 Å². The Kier molecular flexibility index (Phi) is 5.69. The van der Waals surface area contributed by atoms with E-state index in [0.717, 1.165) is 18.4 Å². The molecule has 1 aliphatic heterocycles. The van der Waals surface area contributed by atoms with E-state index in [2.05, 4.69) is 20.6 Å². The molecule has 0 bridgehead atoms. The number of ether oxygens (including phenoxy) is 2. The van der Waals surface area contributed by atoms with Crippen molar-refractivity contribution in [3.8, 4) is 17.4 Å². The lowest BCUT2D eigenvalue weighted by molar-refractivity contribution is -0.139. The maximum Gasteiger partial charge on any atom is 0.423 e. The van der Waals surface area contributed by atoms with Crippen molar-refractivity contribution < 1.29 is 32.2 Å². The number of rotatable bonds is 6.